The van der Waals surface area contributed by atoms with Gasteiger partial charge in [-0.3, -0.25) is 9.59 Å². The van der Waals surface area contributed by atoms with Crippen LogP contribution in [-0.2, 0) is 9.53 Å². The van der Waals surface area contributed by atoms with Crippen LogP contribution in [0.3, 0.4) is 0 Å². The number of nitriles is 1. The third kappa shape index (κ3) is 4.03. The molecular weight excluding hydrogens is 262 g/mol. The van der Waals surface area contributed by atoms with E-state index in [9.17, 15) is 9.59 Å². The van der Waals surface area contributed by atoms with Gasteiger partial charge in [0.1, 0.15) is 18.3 Å². The number of aromatic nitrogens is 1. The molecule has 0 aliphatic carbocycles. The molecule has 0 saturated carbocycles. The van der Waals surface area contributed by atoms with Gasteiger partial charge in [0, 0.05) is 13.7 Å². The molecule has 0 aliphatic heterocycles. The van der Waals surface area contributed by atoms with Gasteiger partial charge in [0.25, 0.3) is 5.91 Å². The largest absolute Gasteiger partial charge is 0.480 e. The number of pyridine rings is 1. The predicted octanol–water partition coefficient (Wildman–Crippen LogP) is 0.435. The molecule has 0 spiro atoms. The normalized spacial score (nSPS) is 9.85. The number of carbonyl (C=O) groups excluding carboxylic acids is 1. The number of aryl methyl sites for hydroxylation is 1. The molecule has 7 nitrogen and oxygen atoms in total. The number of hydrogen-bond donors (Lipinski definition) is 1. The van der Waals surface area contributed by atoms with E-state index >= 15 is 0 Å². The quantitative estimate of drug-likeness (QED) is 0.809. The van der Waals surface area contributed by atoms with Crippen molar-refractivity contribution in [2.75, 3.05) is 26.8 Å². The lowest BCUT2D eigenvalue weighted by Crippen LogP contribution is -2.38. The summed E-state index contributed by atoms with van der Waals surface area (Å²) in [6.07, 6.45) is 0. The van der Waals surface area contributed by atoms with Gasteiger partial charge < -0.3 is 14.7 Å². The molecule has 0 bridgehead atoms. The number of rotatable bonds is 6. The summed E-state index contributed by atoms with van der Waals surface area (Å²) in [4.78, 5) is 28.1. The van der Waals surface area contributed by atoms with E-state index in [1.165, 1.54) is 19.2 Å². The van der Waals surface area contributed by atoms with Crippen molar-refractivity contribution in [1.29, 1.82) is 5.26 Å². The van der Waals surface area contributed by atoms with Crippen molar-refractivity contribution >= 4 is 11.9 Å². The molecule has 1 amide bonds. The molecule has 1 aromatic heterocycles. The van der Waals surface area contributed by atoms with Gasteiger partial charge in [-0.05, 0) is 19.1 Å². The summed E-state index contributed by atoms with van der Waals surface area (Å²) >= 11 is 0. The summed E-state index contributed by atoms with van der Waals surface area (Å²) in [5.41, 5.74) is 0.919. The molecule has 106 valence electrons. The van der Waals surface area contributed by atoms with E-state index in [-0.39, 0.29) is 18.8 Å². The molecule has 1 heterocycles. The van der Waals surface area contributed by atoms with E-state index < -0.39 is 18.4 Å². The van der Waals surface area contributed by atoms with Crippen molar-refractivity contribution < 1.29 is 19.4 Å². The Morgan fingerprint density at radius 2 is 2.20 bits per heavy atom. The van der Waals surface area contributed by atoms with Crippen LogP contribution in [0.25, 0.3) is 0 Å². The van der Waals surface area contributed by atoms with E-state index in [0.29, 0.717) is 11.3 Å². The Morgan fingerprint density at radius 3 is 2.70 bits per heavy atom. The standard InChI is InChI=1S/C13H15N3O4/c1-9-10(7-14)3-4-11(15-9)13(19)16(5-6-20-2)8-12(17)18/h3-4H,5-6,8H2,1-2H3,(H,17,18). The first-order chi connectivity index (χ1) is 9.49. The van der Waals surface area contributed by atoms with E-state index in [1.54, 1.807) is 6.92 Å². The summed E-state index contributed by atoms with van der Waals surface area (Å²) in [7, 11) is 1.47. The first-order valence-electron chi connectivity index (χ1n) is 5.87. The lowest BCUT2D eigenvalue weighted by molar-refractivity contribution is -0.137. The Labute approximate surface area is 116 Å². The van der Waals surface area contributed by atoms with Crippen molar-refractivity contribution in [2.24, 2.45) is 0 Å². The number of aliphatic carboxylic acids is 1. The summed E-state index contributed by atoms with van der Waals surface area (Å²) in [6, 6.07) is 4.86. The van der Waals surface area contributed by atoms with Gasteiger partial charge in [-0.2, -0.15) is 5.26 Å². The lowest BCUT2D eigenvalue weighted by atomic mass is 10.2. The molecule has 1 aromatic rings. The summed E-state index contributed by atoms with van der Waals surface area (Å²) in [5.74, 6) is -1.61. The molecule has 0 unspecified atom stereocenters. The molecule has 20 heavy (non-hydrogen) atoms. The second kappa shape index (κ2) is 7.21. The highest BCUT2D eigenvalue weighted by Crippen LogP contribution is 2.08. The van der Waals surface area contributed by atoms with Crippen LogP contribution in [0.5, 0.6) is 0 Å². The molecule has 0 fully saturated rings. The summed E-state index contributed by atoms with van der Waals surface area (Å²) in [5, 5.41) is 17.6. The van der Waals surface area contributed by atoms with Crippen LogP contribution in [0, 0.1) is 18.3 Å². The number of carboxylic acid groups (broad SMARTS) is 1. The number of hydrogen-bond acceptors (Lipinski definition) is 5. The van der Waals surface area contributed by atoms with Crippen LogP contribution in [-0.4, -0.2) is 53.7 Å². The molecule has 1 rings (SSSR count). The van der Waals surface area contributed by atoms with E-state index in [0.717, 1.165) is 4.90 Å². The van der Waals surface area contributed by atoms with Crippen LogP contribution < -0.4 is 0 Å². The highest BCUT2D eigenvalue weighted by atomic mass is 16.5. The van der Waals surface area contributed by atoms with Gasteiger partial charge in [-0.25, -0.2) is 4.98 Å². The first-order valence-corrected chi connectivity index (χ1v) is 5.87. The maximum atomic E-state index is 12.2. The smallest absolute Gasteiger partial charge is 0.323 e. The van der Waals surface area contributed by atoms with E-state index in [4.69, 9.17) is 15.1 Å². The minimum Gasteiger partial charge on any atom is -0.480 e. The Hall–Kier alpha value is -2.46. The fourth-order valence-corrected chi connectivity index (χ4v) is 1.58. The lowest BCUT2D eigenvalue weighted by Gasteiger charge is -2.20. The van der Waals surface area contributed by atoms with Crippen LogP contribution in [0.4, 0.5) is 0 Å². The number of ether oxygens (including phenoxy) is 1. The van der Waals surface area contributed by atoms with Crippen LogP contribution in [0.2, 0.25) is 0 Å². The molecule has 0 aromatic carbocycles. The van der Waals surface area contributed by atoms with Gasteiger partial charge in [0.2, 0.25) is 0 Å². The maximum absolute atomic E-state index is 12.2. The molecular formula is C13H15N3O4. The highest BCUT2D eigenvalue weighted by molar-refractivity contribution is 5.94. The first kappa shape index (κ1) is 15.6. The minimum atomic E-state index is -1.11. The van der Waals surface area contributed by atoms with Gasteiger partial charge in [0.15, 0.2) is 0 Å². The minimum absolute atomic E-state index is 0.110. The molecule has 0 saturated heterocycles. The summed E-state index contributed by atoms with van der Waals surface area (Å²) < 4.78 is 4.85. The second-order valence-corrected chi connectivity index (χ2v) is 4.05. The van der Waals surface area contributed by atoms with Gasteiger partial charge >= 0.3 is 5.97 Å². The van der Waals surface area contributed by atoms with Crippen molar-refractivity contribution in [3.05, 3.63) is 29.1 Å². The molecule has 0 aliphatic rings. The molecule has 7 heteroatoms. The zero-order valence-electron chi connectivity index (χ0n) is 11.3. The van der Waals surface area contributed by atoms with Gasteiger partial charge in [-0.15, -0.1) is 0 Å². The second-order valence-electron chi connectivity index (χ2n) is 4.05. The Bertz CT molecular complexity index is 551. The monoisotopic (exact) mass is 277 g/mol. The fourth-order valence-electron chi connectivity index (χ4n) is 1.58. The molecule has 0 atom stereocenters. The number of carbonyl (C=O) groups is 2. The van der Waals surface area contributed by atoms with E-state index in [2.05, 4.69) is 4.98 Å². The molecule has 0 radical (unpaired) electrons. The highest BCUT2D eigenvalue weighted by Gasteiger charge is 2.20. The summed E-state index contributed by atoms with van der Waals surface area (Å²) in [6.45, 7) is 1.57. The van der Waals surface area contributed by atoms with Gasteiger partial charge in [0.05, 0.1) is 17.9 Å². The number of methoxy groups -OCH3 is 1. The maximum Gasteiger partial charge on any atom is 0.323 e. The average Bonchev–Trinajstić information content (AvgIpc) is 2.42. The van der Waals surface area contributed by atoms with Crippen molar-refractivity contribution in [2.45, 2.75) is 6.92 Å². The van der Waals surface area contributed by atoms with Crippen LogP contribution in [0.1, 0.15) is 21.7 Å². The SMILES string of the molecule is COCCN(CC(=O)O)C(=O)c1ccc(C#N)c(C)n1. The van der Waals surface area contributed by atoms with E-state index in [1.807, 2.05) is 6.07 Å². The third-order valence-corrected chi connectivity index (χ3v) is 2.60. The van der Waals surface area contributed by atoms with Crippen molar-refractivity contribution in [3.8, 4) is 6.07 Å². The van der Waals surface area contributed by atoms with Crippen molar-refractivity contribution in [3.63, 3.8) is 0 Å². The Kier molecular flexibility index (Phi) is 5.62. The molecule has 1 N–H and O–H groups in total. The van der Waals surface area contributed by atoms with Crippen molar-refractivity contribution in [1.82, 2.24) is 9.88 Å². The topological polar surface area (TPSA) is 104 Å². The predicted molar refractivity (Wildman–Crippen MR) is 69.1 cm³/mol. The van der Waals surface area contributed by atoms with Gasteiger partial charge in [-0.1, -0.05) is 0 Å². The zero-order chi connectivity index (χ0) is 15.1. The number of carboxylic acids is 1. The number of amides is 1. The van der Waals surface area contributed by atoms with Crippen LogP contribution in [0.15, 0.2) is 12.1 Å². The third-order valence-electron chi connectivity index (χ3n) is 2.60. The zero-order valence-corrected chi connectivity index (χ0v) is 11.3. The number of nitrogens with zero attached hydrogens (tertiary/aromatic N) is 3. The average molecular weight is 277 g/mol. The Balaban J connectivity index is 2.96. The van der Waals surface area contributed by atoms with Crippen LogP contribution >= 0.6 is 0 Å². The fraction of sp³-hybridized carbons (Fsp3) is 0.385. The Morgan fingerprint density at radius 1 is 1.50 bits per heavy atom.